The summed E-state index contributed by atoms with van der Waals surface area (Å²) in [5.41, 5.74) is 13.0. The van der Waals surface area contributed by atoms with Gasteiger partial charge in [0.25, 0.3) is 0 Å². The van der Waals surface area contributed by atoms with Crippen LogP contribution in [0.15, 0.2) is 6.07 Å². The first-order valence-electron chi connectivity index (χ1n) is 4.41. The molecule has 1 aliphatic carbocycles. The number of hydrogen-bond donors (Lipinski definition) is 2. The highest BCUT2D eigenvalue weighted by Gasteiger charge is 2.25. The smallest absolute Gasteiger partial charge is 0.147 e. The lowest BCUT2D eigenvalue weighted by Crippen LogP contribution is -2.09. The van der Waals surface area contributed by atoms with Gasteiger partial charge in [-0.25, -0.2) is 4.39 Å². The van der Waals surface area contributed by atoms with Gasteiger partial charge in [-0.05, 0) is 30.0 Å². The van der Waals surface area contributed by atoms with Gasteiger partial charge in [0, 0.05) is 6.04 Å². The van der Waals surface area contributed by atoms with E-state index in [0.717, 1.165) is 24.0 Å². The summed E-state index contributed by atoms with van der Waals surface area (Å²) in [5.74, 6) is -0.519. The first-order chi connectivity index (χ1) is 6.65. The molecule has 1 aliphatic rings. The van der Waals surface area contributed by atoms with Crippen LogP contribution in [0.2, 0.25) is 0 Å². The van der Waals surface area contributed by atoms with Gasteiger partial charge in [0.05, 0.1) is 11.3 Å². The summed E-state index contributed by atoms with van der Waals surface area (Å²) in [4.78, 5) is 0. The molecule has 0 aliphatic heterocycles. The van der Waals surface area contributed by atoms with Crippen molar-refractivity contribution in [2.75, 3.05) is 5.73 Å². The van der Waals surface area contributed by atoms with Gasteiger partial charge in [-0.2, -0.15) is 5.26 Å². The van der Waals surface area contributed by atoms with Crippen molar-refractivity contribution in [1.29, 1.82) is 5.26 Å². The summed E-state index contributed by atoms with van der Waals surface area (Å²) in [5, 5.41) is 8.87. The van der Waals surface area contributed by atoms with E-state index in [1.165, 1.54) is 6.07 Å². The van der Waals surface area contributed by atoms with Crippen LogP contribution in [-0.4, -0.2) is 0 Å². The lowest BCUT2D eigenvalue weighted by molar-refractivity contribution is 0.630. The molecule has 3 nitrogen and oxygen atoms in total. The van der Waals surface area contributed by atoms with E-state index in [1.807, 2.05) is 6.07 Å². The molecule has 0 aromatic heterocycles. The lowest BCUT2D eigenvalue weighted by Gasteiger charge is -2.09. The van der Waals surface area contributed by atoms with Crippen molar-refractivity contribution in [3.05, 3.63) is 28.6 Å². The van der Waals surface area contributed by atoms with Gasteiger partial charge in [0.15, 0.2) is 0 Å². The number of benzene rings is 1. The SMILES string of the molecule is N#Cc1c(N)c(F)cc2c1C(N)CC2. The molecule has 1 unspecified atom stereocenters. The Balaban J connectivity index is 2.75. The fourth-order valence-corrected chi connectivity index (χ4v) is 1.94. The molecule has 4 N–H and O–H groups in total. The molecule has 72 valence electrons. The van der Waals surface area contributed by atoms with E-state index in [9.17, 15) is 4.39 Å². The van der Waals surface area contributed by atoms with Crippen LogP contribution < -0.4 is 11.5 Å². The third-order valence-corrected chi connectivity index (χ3v) is 2.65. The number of anilines is 1. The maximum Gasteiger partial charge on any atom is 0.147 e. The Labute approximate surface area is 81.1 Å². The average Bonchev–Trinajstić information content (AvgIpc) is 2.50. The zero-order chi connectivity index (χ0) is 10.3. The second-order valence-corrected chi connectivity index (χ2v) is 3.48. The van der Waals surface area contributed by atoms with Crippen molar-refractivity contribution in [3.63, 3.8) is 0 Å². The summed E-state index contributed by atoms with van der Waals surface area (Å²) in [6.45, 7) is 0. The van der Waals surface area contributed by atoms with Crippen LogP contribution >= 0.6 is 0 Å². The summed E-state index contributed by atoms with van der Waals surface area (Å²) in [7, 11) is 0. The molecule has 2 rings (SSSR count). The number of nitriles is 1. The monoisotopic (exact) mass is 191 g/mol. The van der Waals surface area contributed by atoms with E-state index in [-0.39, 0.29) is 17.3 Å². The topological polar surface area (TPSA) is 75.8 Å². The maximum absolute atomic E-state index is 13.2. The number of halogens is 1. The van der Waals surface area contributed by atoms with Crippen LogP contribution in [0.25, 0.3) is 0 Å². The Morgan fingerprint density at radius 2 is 2.29 bits per heavy atom. The minimum Gasteiger partial charge on any atom is -0.395 e. The molecule has 1 aromatic carbocycles. The second-order valence-electron chi connectivity index (χ2n) is 3.48. The van der Waals surface area contributed by atoms with Gasteiger partial charge >= 0.3 is 0 Å². The predicted molar refractivity (Wildman–Crippen MR) is 50.8 cm³/mol. The van der Waals surface area contributed by atoms with Crippen LogP contribution in [0.1, 0.15) is 29.2 Å². The van der Waals surface area contributed by atoms with E-state index in [4.69, 9.17) is 16.7 Å². The first kappa shape index (κ1) is 8.97. The quantitative estimate of drug-likeness (QED) is 0.605. The van der Waals surface area contributed by atoms with Gasteiger partial charge in [-0.15, -0.1) is 0 Å². The molecule has 0 saturated heterocycles. The second kappa shape index (κ2) is 2.96. The molecular formula is C10H10FN3. The molecule has 0 bridgehead atoms. The number of aryl methyl sites for hydroxylation is 1. The van der Waals surface area contributed by atoms with Crippen molar-refractivity contribution < 1.29 is 4.39 Å². The van der Waals surface area contributed by atoms with Gasteiger partial charge in [0.2, 0.25) is 0 Å². The third kappa shape index (κ3) is 1.06. The molecule has 0 spiro atoms. The van der Waals surface area contributed by atoms with E-state index < -0.39 is 5.82 Å². The lowest BCUT2D eigenvalue weighted by atomic mass is 10.00. The van der Waals surface area contributed by atoms with Crippen molar-refractivity contribution in [2.24, 2.45) is 5.73 Å². The van der Waals surface area contributed by atoms with Crippen LogP contribution in [0.3, 0.4) is 0 Å². The van der Waals surface area contributed by atoms with Gasteiger partial charge in [0.1, 0.15) is 11.9 Å². The molecule has 0 fully saturated rings. The third-order valence-electron chi connectivity index (χ3n) is 2.65. The Kier molecular flexibility index (Phi) is 1.90. The summed E-state index contributed by atoms with van der Waals surface area (Å²) < 4.78 is 13.2. The minimum atomic E-state index is -0.519. The van der Waals surface area contributed by atoms with Gasteiger partial charge in [-0.3, -0.25) is 0 Å². The van der Waals surface area contributed by atoms with Gasteiger partial charge in [-0.1, -0.05) is 0 Å². The standard InChI is InChI=1S/C10H10FN3/c11-7-3-5-1-2-8(13)9(5)6(4-12)10(7)14/h3,8H,1-2,13-14H2. The Morgan fingerprint density at radius 3 is 2.93 bits per heavy atom. The van der Waals surface area contributed by atoms with Crippen molar-refractivity contribution >= 4 is 5.69 Å². The van der Waals surface area contributed by atoms with Crippen molar-refractivity contribution in [1.82, 2.24) is 0 Å². The average molecular weight is 191 g/mol. The Morgan fingerprint density at radius 1 is 1.57 bits per heavy atom. The molecular weight excluding hydrogens is 181 g/mol. The fraction of sp³-hybridized carbons (Fsp3) is 0.300. The molecule has 1 atom stereocenters. The Bertz CT molecular complexity index is 434. The Hall–Kier alpha value is -1.60. The zero-order valence-corrected chi connectivity index (χ0v) is 7.55. The molecule has 4 heteroatoms. The number of rotatable bonds is 0. The molecule has 0 heterocycles. The number of nitrogens with two attached hydrogens (primary N) is 2. The summed E-state index contributed by atoms with van der Waals surface area (Å²) >= 11 is 0. The summed E-state index contributed by atoms with van der Waals surface area (Å²) in [6.07, 6.45) is 1.48. The van der Waals surface area contributed by atoms with E-state index in [2.05, 4.69) is 0 Å². The van der Waals surface area contributed by atoms with E-state index >= 15 is 0 Å². The predicted octanol–water partition coefficient (Wildman–Crippen LogP) is 1.23. The molecule has 1 aromatic rings. The van der Waals surface area contributed by atoms with Gasteiger partial charge < -0.3 is 11.5 Å². The van der Waals surface area contributed by atoms with Crippen molar-refractivity contribution in [3.8, 4) is 6.07 Å². The van der Waals surface area contributed by atoms with Crippen LogP contribution in [0.5, 0.6) is 0 Å². The molecule has 0 amide bonds. The molecule has 14 heavy (non-hydrogen) atoms. The normalized spacial score (nSPS) is 19.1. The molecule has 0 saturated carbocycles. The highest BCUT2D eigenvalue weighted by molar-refractivity contribution is 5.63. The van der Waals surface area contributed by atoms with E-state index in [0.29, 0.717) is 0 Å². The summed E-state index contributed by atoms with van der Waals surface area (Å²) in [6, 6.07) is 3.13. The number of hydrogen-bond acceptors (Lipinski definition) is 3. The van der Waals surface area contributed by atoms with Crippen molar-refractivity contribution in [2.45, 2.75) is 18.9 Å². The van der Waals surface area contributed by atoms with Crippen LogP contribution in [0, 0.1) is 17.1 Å². The highest BCUT2D eigenvalue weighted by Crippen LogP contribution is 2.35. The first-order valence-corrected chi connectivity index (χ1v) is 4.41. The zero-order valence-electron chi connectivity index (χ0n) is 7.55. The fourth-order valence-electron chi connectivity index (χ4n) is 1.94. The number of nitrogens with zero attached hydrogens (tertiary/aromatic N) is 1. The van der Waals surface area contributed by atoms with E-state index in [1.54, 1.807) is 0 Å². The molecule has 0 radical (unpaired) electrons. The van der Waals surface area contributed by atoms with Crippen LogP contribution in [-0.2, 0) is 6.42 Å². The highest BCUT2D eigenvalue weighted by atomic mass is 19.1. The maximum atomic E-state index is 13.2. The minimum absolute atomic E-state index is 0.0800. The van der Waals surface area contributed by atoms with Crippen LogP contribution in [0.4, 0.5) is 10.1 Å². The number of fused-ring (bicyclic) bond motifs is 1. The largest absolute Gasteiger partial charge is 0.395 e. The number of nitrogen functional groups attached to an aromatic ring is 1.